The van der Waals surface area contributed by atoms with Crippen LogP contribution >= 0.6 is 11.6 Å². The number of rotatable bonds is 4. The summed E-state index contributed by atoms with van der Waals surface area (Å²) in [7, 11) is 0. The number of carbonyl (C=O) groups is 1. The first-order chi connectivity index (χ1) is 4.16. The molecule has 0 spiro atoms. The van der Waals surface area contributed by atoms with Gasteiger partial charge in [0.05, 0.1) is 0 Å². The fourth-order valence-corrected chi connectivity index (χ4v) is 0.546. The zero-order valence-corrected chi connectivity index (χ0v) is 6.37. The first-order valence-electron chi connectivity index (χ1n) is 3.01. The van der Waals surface area contributed by atoms with Crippen molar-refractivity contribution >= 4 is 16.8 Å². The van der Waals surface area contributed by atoms with E-state index in [2.05, 4.69) is 6.58 Å². The molecule has 0 amide bonds. The molecule has 0 aliphatic rings. The molecule has 0 aliphatic carbocycles. The van der Waals surface area contributed by atoms with Crippen molar-refractivity contribution in [3.63, 3.8) is 0 Å². The summed E-state index contributed by atoms with van der Waals surface area (Å²) < 4.78 is 0. The Morgan fingerprint density at radius 3 is 2.44 bits per heavy atom. The Morgan fingerprint density at radius 1 is 1.56 bits per heavy atom. The van der Waals surface area contributed by atoms with E-state index in [4.69, 9.17) is 11.6 Å². The number of hydrogen-bond donors (Lipinski definition) is 0. The molecule has 52 valence electrons. The molecule has 0 N–H and O–H groups in total. The summed E-state index contributed by atoms with van der Waals surface area (Å²) in [5.74, 6) is 0. The third-order valence-corrected chi connectivity index (χ3v) is 1.36. The minimum absolute atomic E-state index is 0.274. The van der Waals surface area contributed by atoms with Gasteiger partial charge in [-0.25, -0.2) is 0 Å². The highest BCUT2D eigenvalue weighted by atomic mass is 35.5. The van der Waals surface area contributed by atoms with Gasteiger partial charge < -0.3 is 0 Å². The van der Waals surface area contributed by atoms with Gasteiger partial charge in [-0.05, 0) is 24.4 Å². The number of halogens is 1. The Morgan fingerprint density at radius 2 is 2.11 bits per heavy atom. The lowest BCUT2D eigenvalue weighted by atomic mass is 10.1. The minimum Gasteiger partial charge on any atom is -0.281 e. The van der Waals surface area contributed by atoms with Gasteiger partial charge in [0.2, 0.25) is 5.24 Å². The SMILES string of the molecule is C=C(CC)CCC(=O)Cl. The lowest BCUT2D eigenvalue weighted by Gasteiger charge is -1.95. The van der Waals surface area contributed by atoms with E-state index in [1.54, 1.807) is 0 Å². The molecule has 0 aromatic rings. The van der Waals surface area contributed by atoms with Crippen LogP contribution < -0.4 is 0 Å². The Bertz CT molecular complexity index is 118. The maximum absolute atomic E-state index is 10.2. The highest BCUT2D eigenvalue weighted by Crippen LogP contribution is 2.07. The molecule has 0 aliphatic heterocycles. The van der Waals surface area contributed by atoms with Gasteiger partial charge in [-0.2, -0.15) is 0 Å². The van der Waals surface area contributed by atoms with Crippen molar-refractivity contribution in [3.05, 3.63) is 12.2 Å². The zero-order valence-electron chi connectivity index (χ0n) is 5.61. The number of carbonyl (C=O) groups excluding carboxylic acids is 1. The molecular formula is C7H11ClO. The van der Waals surface area contributed by atoms with E-state index in [9.17, 15) is 4.79 Å². The summed E-state index contributed by atoms with van der Waals surface area (Å²) in [6.07, 6.45) is 2.09. The molecule has 0 radical (unpaired) electrons. The van der Waals surface area contributed by atoms with E-state index in [1.807, 2.05) is 6.92 Å². The molecule has 0 saturated heterocycles. The molecular weight excluding hydrogens is 136 g/mol. The van der Waals surface area contributed by atoms with E-state index in [1.165, 1.54) is 0 Å². The largest absolute Gasteiger partial charge is 0.281 e. The smallest absolute Gasteiger partial charge is 0.221 e. The zero-order chi connectivity index (χ0) is 7.28. The Labute approximate surface area is 60.7 Å². The molecule has 0 unspecified atom stereocenters. The van der Waals surface area contributed by atoms with Gasteiger partial charge in [0, 0.05) is 6.42 Å². The summed E-state index contributed by atoms with van der Waals surface area (Å²) in [5, 5.41) is -0.274. The van der Waals surface area contributed by atoms with E-state index in [0.717, 1.165) is 18.4 Å². The van der Waals surface area contributed by atoms with Crippen LogP contribution in [0.15, 0.2) is 12.2 Å². The van der Waals surface area contributed by atoms with Gasteiger partial charge in [0.25, 0.3) is 0 Å². The van der Waals surface area contributed by atoms with Crippen LogP contribution in [0.4, 0.5) is 0 Å². The van der Waals surface area contributed by atoms with Crippen LogP contribution in [0.3, 0.4) is 0 Å². The molecule has 0 rings (SSSR count). The molecule has 1 nitrogen and oxygen atoms in total. The Kier molecular flexibility index (Phi) is 4.41. The summed E-state index contributed by atoms with van der Waals surface area (Å²) in [4.78, 5) is 10.2. The second-order valence-corrected chi connectivity index (χ2v) is 2.38. The van der Waals surface area contributed by atoms with Crippen LogP contribution in [0.2, 0.25) is 0 Å². The van der Waals surface area contributed by atoms with E-state index in [0.29, 0.717) is 6.42 Å². The van der Waals surface area contributed by atoms with Gasteiger partial charge >= 0.3 is 0 Å². The lowest BCUT2D eigenvalue weighted by Crippen LogP contribution is -1.86. The predicted octanol–water partition coefficient (Wildman–Crippen LogP) is 2.50. The molecule has 9 heavy (non-hydrogen) atoms. The standard InChI is InChI=1S/C7H11ClO/c1-3-6(2)4-5-7(8)9/h2-5H2,1H3. The van der Waals surface area contributed by atoms with Crippen LogP contribution in [-0.4, -0.2) is 5.24 Å². The molecule has 0 aromatic heterocycles. The van der Waals surface area contributed by atoms with Gasteiger partial charge in [0.1, 0.15) is 0 Å². The van der Waals surface area contributed by atoms with Crippen molar-refractivity contribution in [2.45, 2.75) is 26.2 Å². The third-order valence-electron chi connectivity index (χ3n) is 1.18. The molecule has 0 saturated carbocycles. The van der Waals surface area contributed by atoms with Crippen molar-refractivity contribution in [1.82, 2.24) is 0 Å². The van der Waals surface area contributed by atoms with Gasteiger partial charge in [-0.15, -0.1) is 0 Å². The monoisotopic (exact) mass is 146 g/mol. The van der Waals surface area contributed by atoms with Crippen molar-refractivity contribution in [1.29, 1.82) is 0 Å². The van der Waals surface area contributed by atoms with Gasteiger partial charge in [-0.3, -0.25) is 4.79 Å². The number of hydrogen-bond acceptors (Lipinski definition) is 1. The highest BCUT2D eigenvalue weighted by Gasteiger charge is 1.96. The second-order valence-electron chi connectivity index (χ2n) is 1.96. The van der Waals surface area contributed by atoms with E-state index < -0.39 is 0 Å². The van der Waals surface area contributed by atoms with Crippen LogP contribution in [0.5, 0.6) is 0 Å². The van der Waals surface area contributed by atoms with Crippen molar-refractivity contribution < 1.29 is 4.79 Å². The summed E-state index contributed by atoms with van der Waals surface area (Å²) in [6.45, 7) is 5.75. The normalized spacial score (nSPS) is 9.11. The maximum atomic E-state index is 10.2. The molecule has 2 heteroatoms. The first kappa shape index (κ1) is 8.70. The van der Waals surface area contributed by atoms with E-state index in [-0.39, 0.29) is 5.24 Å². The summed E-state index contributed by atoms with van der Waals surface area (Å²) in [5.41, 5.74) is 1.09. The topological polar surface area (TPSA) is 17.1 Å². The molecule has 0 aromatic carbocycles. The molecule has 0 heterocycles. The quantitative estimate of drug-likeness (QED) is 0.440. The van der Waals surface area contributed by atoms with Crippen molar-refractivity contribution in [2.24, 2.45) is 0 Å². The fraction of sp³-hybridized carbons (Fsp3) is 0.571. The molecule has 0 atom stereocenters. The molecule has 0 bridgehead atoms. The molecule has 0 fully saturated rings. The first-order valence-corrected chi connectivity index (χ1v) is 3.39. The predicted molar refractivity (Wildman–Crippen MR) is 39.5 cm³/mol. The second kappa shape index (κ2) is 4.57. The summed E-state index contributed by atoms with van der Waals surface area (Å²) in [6, 6.07) is 0. The Balaban J connectivity index is 3.28. The van der Waals surface area contributed by atoms with Crippen molar-refractivity contribution in [2.75, 3.05) is 0 Å². The van der Waals surface area contributed by atoms with E-state index >= 15 is 0 Å². The third kappa shape index (κ3) is 5.57. The van der Waals surface area contributed by atoms with Crippen LogP contribution in [0.25, 0.3) is 0 Å². The average molecular weight is 147 g/mol. The highest BCUT2D eigenvalue weighted by molar-refractivity contribution is 6.63. The van der Waals surface area contributed by atoms with Crippen molar-refractivity contribution in [3.8, 4) is 0 Å². The van der Waals surface area contributed by atoms with Gasteiger partial charge in [0.15, 0.2) is 0 Å². The van der Waals surface area contributed by atoms with Crippen LogP contribution in [-0.2, 0) is 4.79 Å². The Hall–Kier alpha value is -0.300. The van der Waals surface area contributed by atoms with Crippen LogP contribution in [0.1, 0.15) is 26.2 Å². The average Bonchev–Trinajstić information content (AvgIpc) is 1.83. The van der Waals surface area contributed by atoms with Gasteiger partial charge in [-0.1, -0.05) is 19.1 Å². The maximum Gasteiger partial charge on any atom is 0.221 e. The lowest BCUT2D eigenvalue weighted by molar-refractivity contribution is -0.111. The summed E-state index contributed by atoms with van der Waals surface area (Å²) >= 11 is 5.10. The minimum atomic E-state index is -0.274. The fourth-order valence-electron chi connectivity index (χ4n) is 0.452. The van der Waals surface area contributed by atoms with Crippen LogP contribution in [0, 0.1) is 0 Å². The number of allylic oxidation sites excluding steroid dienone is 1.